The second-order valence-corrected chi connectivity index (χ2v) is 12.3. The summed E-state index contributed by atoms with van der Waals surface area (Å²) in [5.74, 6) is -5.63. The van der Waals surface area contributed by atoms with Gasteiger partial charge in [0.05, 0.1) is 17.7 Å². The Morgan fingerprint density at radius 2 is 1.85 bits per heavy atom. The van der Waals surface area contributed by atoms with Crippen molar-refractivity contribution < 1.29 is 39.2 Å². The Hall–Kier alpha value is -4.09. The molecule has 1 aromatic carbocycles. The Balaban J connectivity index is 1.66. The van der Waals surface area contributed by atoms with Gasteiger partial charge in [0, 0.05) is 43.2 Å². The number of fused-ring (bicyclic) bond motifs is 3. The summed E-state index contributed by atoms with van der Waals surface area (Å²) < 4.78 is 6.02. The minimum absolute atomic E-state index is 0.0177. The van der Waals surface area contributed by atoms with Gasteiger partial charge in [-0.25, -0.2) is 0 Å². The average Bonchev–Trinajstić information content (AvgIpc) is 3.33. The molecule has 2 aromatic rings. The number of aromatic hydroxyl groups is 1. The molecule has 11 nitrogen and oxygen atoms in total. The Labute approximate surface area is 236 Å². The molecule has 1 saturated carbocycles. The van der Waals surface area contributed by atoms with Gasteiger partial charge < -0.3 is 40.8 Å². The highest BCUT2D eigenvalue weighted by molar-refractivity contribution is 6.22. The molecule has 0 radical (unpaired) electrons. The molecule has 7 N–H and O–H groups in total. The fourth-order valence-electron chi connectivity index (χ4n) is 6.23. The van der Waals surface area contributed by atoms with Gasteiger partial charge in [-0.05, 0) is 63.3 Å². The number of nitrogens with two attached hydrogens (primary N) is 1. The van der Waals surface area contributed by atoms with E-state index in [2.05, 4.69) is 5.32 Å². The third-order valence-corrected chi connectivity index (χ3v) is 8.24. The number of amides is 1. The van der Waals surface area contributed by atoms with Crippen LogP contribution in [-0.4, -0.2) is 63.1 Å². The molecule has 3 atom stereocenters. The summed E-state index contributed by atoms with van der Waals surface area (Å²) in [6, 6.07) is 5.25. The Kier molecular flexibility index (Phi) is 6.58. The fourth-order valence-corrected chi connectivity index (χ4v) is 6.23. The maximum Gasteiger partial charge on any atom is 0.255 e. The highest BCUT2D eigenvalue weighted by atomic mass is 16.4. The number of Topliss-reactive ketones (excluding diaryl/α,β-unsaturated/α-hetero) is 2. The number of nitrogens with zero attached hydrogens (tertiary/aromatic N) is 1. The molecule has 3 unspecified atom stereocenters. The van der Waals surface area contributed by atoms with E-state index in [4.69, 9.17) is 10.2 Å². The molecule has 0 bridgehead atoms. The molecule has 1 fully saturated rings. The minimum atomic E-state index is -2.61. The van der Waals surface area contributed by atoms with Crippen LogP contribution in [0.4, 0.5) is 5.69 Å². The zero-order valence-corrected chi connectivity index (χ0v) is 23.7. The van der Waals surface area contributed by atoms with Gasteiger partial charge in [0.25, 0.3) is 5.91 Å². The van der Waals surface area contributed by atoms with Crippen molar-refractivity contribution in [1.82, 2.24) is 5.32 Å². The second-order valence-electron chi connectivity index (χ2n) is 12.3. The first kappa shape index (κ1) is 28.4. The number of hydrogen-bond donors (Lipinski definition) is 6. The summed E-state index contributed by atoms with van der Waals surface area (Å²) in [7, 11) is 3.62. The maximum atomic E-state index is 13.8. The molecule has 5 rings (SSSR count). The molecule has 41 heavy (non-hydrogen) atoms. The molecule has 11 heteroatoms. The lowest BCUT2D eigenvalue weighted by molar-refractivity contribution is -0.147. The van der Waals surface area contributed by atoms with Crippen LogP contribution in [0.5, 0.6) is 5.75 Å². The van der Waals surface area contributed by atoms with Crippen molar-refractivity contribution in [1.29, 1.82) is 0 Å². The maximum absolute atomic E-state index is 13.8. The summed E-state index contributed by atoms with van der Waals surface area (Å²) in [6.07, 6.45) is -0.0765. The van der Waals surface area contributed by atoms with Crippen molar-refractivity contribution in [3.63, 3.8) is 0 Å². The van der Waals surface area contributed by atoms with Crippen molar-refractivity contribution in [3.05, 3.63) is 52.0 Å². The normalized spacial score (nSPS) is 24.2. The molecule has 1 aromatic heterocycles. The summed E-state index contributed by atoms with van der Waals surface area (Å²) in [6.45, 7) is 6.53. The van der Waals surface area contributed by atoms with E-state index in [1.807, 2.05) is 39.8 Å². The van der Waals surface area contributed by atoms with Gasteiger partial charge >= 0.3 is 0 Å². The van der Waals surface area contributed by atoms with Crippen molar-refractivity contribution in [2.75, 3.05) is 19.0 Å². The van der Waals surface area contributed by atoms with E-state index in [1.54, 1.807) is 18.2 Å². The number of phenolic OH excluding ortho intramolecular Hbond substituents is 1. The number of nitrogens with one attached hydrogen (secondary N) is 1. The van der Waals surface area contributed by atoms with Crippen molar-refractivity contribution in [2.45, 2.75) is 57.7 Å². The molecule has 3 aliphatic carbocycles. The summed E-state index contributed by atoms with van der Waals surface area (Å²) >= 11 is 0. The number of rotatable bonds is 5. The van der Waals surface area contributed by atoms with Crippen LogP contribution in [0.2, 0.25) is 0 Å². The Bertz CT molecular complexity index is 1560. The zero-order chi connectivity index (χ0) is 30.2. The first-order chi connectivity index (χ1) is 19.1. The number of carbonyl (C=O) groups excluding carboxylic acids is 3. The number of aliphatic hydroxyl groups excluding tert-OH is 2. The number of hydrogen-bond acceptors (Lipinski definition) is 10. The van der Waals surface area contributed by atoms with Crippen LogP contribution < -0.4 is 16.0 Å². The van der Waals surface area contributed by atoms with Crippen LogP contribution in [0.3, 0.4) is 0 Å². The standard InChI is InChI=1S/C30H35N3O8/c1-29(2,3)32-12-15-6-7-20(41-15)17-11-18(33(4)5)16-9-13-8-14-10-19(34)23(28(31)39)27(38)30(14,40)26(37)21(13)25(36)22(16)24(17)35/h6-7,11,13-14,32,35-36,38,40H,8-10,12H2,1-5H3,(H2,31,39). The molecular weight excluding hydrogens is 530 g/mol. The van der Waals surface area contributed by atoms with Crippen LogP contribution in [0.15, 0.2) is 39.5 Å². The van der Waals surface area contributed by atoms with Crippen LogP contribution in [0.25, 0.3) is 17.1 Å². The zero-order valence-electron chi connectivity index (χ0n) is 23.7. The SMILES string of the molecule is CN(C)c1cc(-c2ccc(CNC(C)(C)C)o2)c(O)c2c1CC1CC3CC(=O)C(C(N)=O)=C(O)C3(O)C(=O)C1=C2O. The van der Waals surface area contributed by atoms with E-state index in [1.165, 1.54) is 0 Å². The van der Waals surface area contributed by atoms with Crippen molar-refractivity contribution in [2.24, 2.45) is 17.6 Å². The van der Waals surface area contributed by atoms with Gasteiger partial charge in [-0.3, -0.25) is 14.4 Å². The van der Waals surface area contributed by atoms with Gasteiger partial charge in [-0.15, -0.1) is 0 Å². The molecule has 0 spiro atoms. The summed E-state index contributed by atoms with van der Waals surface area (Å²) in [4.78, 5) is 40.1. The van der Waals surface area contributed by atoms with E-state index in [9.17, 15) is 34.8 Å². The van der Waals surface area contributed by atoms with Crippen LogP contribution in [0.1, 0.15) is 50.5 Å². The smallest absolute Gasteiger partial charge is 0.255 e. The van der Waals surface area contributed by atoms with Gasteiger partial charge in [0.15, 0.2) is 11.4 Å². The number of carbonyl (C=O) groups is 3. The molecule has 0 saturated heterocycles. The highest BCUT2D eigenvalue weighted by Crippen LogP contribution is 2.54. The third-order valence-electron chi connectivity index (χ3n) is 8.24. The largest absolute Gasteiger partial charge is 0.508 e. The lowest BCUT2D eigenvalue weighted by Crippen LogP contribution is -2.58. The van der Waals surface area contributed by atoms with E-state index in [0.29, 0.717) is 34.9 Å². The number of phenols is 1. The van der Waals surface area contributed by atoms with Crippen LogP contribution in [0, 0.1) is 11.8 Å². The quantitative estimate of drug-likeness (QED) is 0.294. The highest BCUT2D eigenvalue weighted by Gasteiger charge is 2.60. The number of anilines is 1. The topological polar surface area (TPSA) is 187 Å². The third kappa shape index (κ3) is 4.40. The first-order valence-corrected chi connectivity index (χ1v) is 13.4. The van der Waals surface area contributed by atoms with E-state index in [-0.39, 0.29) is 41.7 Å². The van der Waals surface area contributed by atoms with Crippen molar-refractivity contribution >= 4 is 28.9 Å². The number of aliphatic hydroxyl groups is 3. The Morgan fingerprint density at radius 1 is 1.17 bits per heavy atom. The molecular formula is C30H35N3O8. The van der Waals surface area contributed by atoms with Crippen molar-refractivity contribution in [3.8, 4) is 17.1 Å². The lowest BCUT2D eigenvalue weighted by Gasteiger charge is -2.46. The minimum Gasteiger partial charge on any atom is -0.508 e. The van der Waals surface area contributed by atoms with E-state index < -0.39 is 52.0 Å². The van der Waals surface area contributed by atoms with Gasteiger partial charge in [0.2, 0.25) is 5.78 Å². The van der Waals surface area contributed by atoms with Crippen LogP contribution in [-0.2, 0) is 27.3 Å². The summed E-state index contributed by atoms with van der Waals surface area (Å²) in [5, 5.41) is 48.6. The first-order valence-electron chi connectivity index (χ1n) is 13.4. The monoisotopic (exact) mass is 565 g/mol. The lowest BCUT2D eigenvalue weighted by atomic mass is 9.59. The molecule has 1 amide bonds. The van der Waals surface area contributed by atoms with E-state index in [0.717, 1.165) is 0 Å². The fraction of sp³-hybridized carbons (Fsp3) is 0.433. The number of ketones is 2. The number of benzene rings is 1. The molecule has 0 aliphatic heterocycles. The Morgan fingerprint density at radius 3 is 2.46 bits per heavy atom. The van der Waals surface area contributed by atoms with Gasteiger partial charge in [0.1, 0.15) is 34.4 Å². The predicted octanol–water partition coefficient (Wildman–Crippen LogP) is 2.64. The van der Waals surface area contributed by atoms with Gasteiger partial charge in [-0.1, -0.05) is 0 Å². The van der Waals surface area contributed by atoms with E-state index >= 15 is 0 Å². The second kappa shape index (κ2) is 9.49. The van der Waals surface area contributed by atoms with Crippen LogP contribution >= 0.6 is 0 Å². The average molecular weight is 566 g/mol. The molecule has 218 valence electrons. The number of furan rings is 1. The van der Waals surface area contributed by atoms with Gasteiger partial charge in [-0.2, -0.15) is 0 Å². The predicted molar refractivity (Wildman–Crippen MR) is 150 cm³/mol. The molecule has 1 heterocycles. The molecule has 3 aliphatic rings. The summed E-state index contributed by atoms with van der Waals surface area (Å²) in [5.41, 5.74) is 3.08. The number of primary amides is 1.